The monoisotopic (exact) mass is 268 g/mol. The summed E-state index contributed by atoms with van der Waals surface area (Å²) >= 11 is 0. The molecule has 20 heavy (non-hydrogen) atoms. The van der Waals surface area contributed by atoms with Gasteiger partial charge in [0, 0.05) is 26.4 Å². The van der Waals surface area contributed by atoms with Gasteiger partial charge in [-0.1, -0.05) is 30.3 Å². The number of rotatable bonds is 3. The molecule has 0 unspecified atom stereocenters. The number of benzene rings is 1. The maximum Gasteiger partial charge on any atom is 0.0752 e. The molecule has 1 saturated carbocycles. The van der Waals surface area contributed by atoms with Crippen molar-refractivity contribution >= 4 is 8.41 Å². The Hall–Kier alpha value is -0.795. The first-order valence-electron chi connectivity index (χ1n) is 7.69. The van der Waals surface area contributed by atoms with Crippen LogP contribution >= 0.6 is 0 Å². The van der Waals surface area contributed by atoms with E-state index in [9.17, 15) is 0 Å². The summed E-state index contributed by atoms with van der Waals surface area (Å²) < 4.78 is 6.28. The van der Waals surface area contributed by atoms with Crippen molar-refractivity contribution in [2.24, 2.45) is 11.8 Å². The molecule has 1 aromatic rings. The van der Waals surface area contributed by atoms with Gasteiger partial charge in [0.15, 0.2) is 0 Å². The van der Waals surface area contributed by atoms with Crippen LogP contribution in [0.4, 0.5) is 0 Å². The molecule has 2 saturated heterocycles. The lowest BCUT2D eigenvalue weighted by Crippen LogP contribution is -2.41. The van der Waals surface area contributed by atoms with Crippen molar-refractivity contribution in [3.63, 3.8) is 0 Å². The van der Waals surface area contributed by atoms with E-state index in [0.29, 0.717) is 11.6 Å². The molecule has 3 aliphatic rings. The van der Waals surface area contributed by atoms with Gasteiger partial charge in [-0.2, -0.15) is 0 Å². The van der Waals surface area contributed by atoms with Crippen molar-refractivity contribution in [3.8, 4) is 0 Å². The standard InChI is InChI=1S/C17H23NO.B/c1-17-14-7-8-15(17)16(11-18(17)10-9-14)19-12-13-5-3-2-4-6-13;/h2-6,14-16H,7-12H2,1H3;/t14-,15+,16+,17+;/m0./s1. The highest BCUT2D eigenvalue weighted by molar-refractivity contribution is 5.75. The van der Waals surface area contributed by atoms with E-state index in [1.165, 1.54) is 31.4 Å². The summed E-state index contributed by atoms with van der Waals surface area (Å²) in [5.41, 5.74) is 1.76. The zero-order valence-corrected chi connectivity index (χ0v) is 12.3. The van der Waals surface area contributed by atoms with Gasteiger partial charge in [-0.25, -0.2) is 0 Å². The summed E-state index contributed by atoms with van der Waals surface area (Å²) in [5, 5.41) is 0. The molecule has 2 heterocycles. The maximum atomic E-state index is 6.28. The molecule has 0 amide bonds. The van der Waals surface area contributed by atoms with E-state index in [0.717, 1.165) is 25.0 Å². The maximum absolute atomic E-state index is 6.28. The summed E-state index contributed by atoms with van der Waals surface area (Å²) in [6.07, 6.45) is 4.66. The average Bonchev–Trinajstić information content (AvgIpc) is 3.02. The molecule has 3 radical (unpaired) electrons. The van der Waals surface area contributed by atoms with E-state index in [2.05, 4.69) is 42.2 Å². The van der Waals surface area contributed by atoms with Crippen LogP contribution < -0.4 is 0 Å². The van der Waals surface area contributed by atoms with E-state index in [1.807, 2.05) is 0 Å². The Bertz CT molecular complexity index is 465. The Balaban J connectivity index is 0.00000121. The molecule has 1 aromatic carbocycles. The second-order valence-electron chi connectivity index (χ2n) is 6.68. The third kappa shape index (κ3) is 1.94. The minimum absolute atomic E-state index is 0. The lowest BCUT2D eigenvalue weighted by Gasteiger charge is -2.32. The van der Waals surface area contributed by atoms with Crippen LogP contribution in [0.1, 0.15) is 31.7 Å². The summed E-state index contributed by atoms with van der Waals surface area (Å²) in [5.74, 6) is 1.70. The third-order valence-electron chi connectivity index (χ3n) is 5.99. The van der Waals surface area contributed by atoms with Crippen molar-refractivity contribution in [2.45, 2.75) is 44.4 Å². The highest BCUT2D eigenvalue weighted by atomic mass is 16.5. The predicted molar refractivity (Wildman–Crippen MR) is 81.6 cm³/mol. The van der Waals surface area contributed by atoms with Gasteiger partial charge >= 0.3 is 0 Å². The molecule has 4 rings (SSSR count). The topological polar surface area (TPSA) is 12.5 Å². The van der Waals surface area contributed by atoms with Gasteiger partial charge in [0.25, 0.3) is 0 Å². The van der Waals surface area contributed by atoms with Crippen molar-refractivity contribution < 1.29 is 4.74 Å². The molecule has 3 heteroatoms. The molecule has 3 fully saturated rings. The molecule has 1 aliphatic carbocycles. The van der Waals surface area contributed by atoms with Crippen LogP contribution in [0.5, 0.6) is 0 Å². The number of nitrogens with zero attached hydrogens (tertiary/aromatic N) is 1. The average molecular weight is 268 g/mol. The first-order chi connectivity index (χ1) is 9.28. The fourth-order valence-electron chi connectivity index (χ4n) is 4.89. The van der Waals surface area contributed by atoms with Gasteiger partial charge in [-0.3, -0.25) is 4.90 Å². The third-order valence-corrected chi connectivity index (χ3v) is 5.99. The Morgan fingerprint density at radius 3 is 2.80 bits per heavy atom. The lowest BCUT2D eigenvalue weighted by atomic mass is 9.84. The van der Waals surface area contributed by atoms with Crippen LogP contribution in [0.2, 0.25) is 0 Å². The zero-order valence-electron chi connectivity index (χ0n) is 12.3. The molecule has 4 atom stereocenters. The second kappa shape index (κ2) is 5.20. The zero-order chi connectivity index (χ0) is 12.9. The van der Waals surface area contributed by atoms with Crippen LogP contribution in [0.3, 0.4) is 0 Å². The molecule has 0 spiro atoms. The van der Waals surface area contributed by atoms with Crippen molar-refractivity contribution in [1.82, 2.24) is 4.90 Å². The molecule has 2 aliphatic heterocycles. The number of hydrogen-bond acceptors (Lipinski definition) is 2. The first kappa shape index (κ1) is 14.2. The SMILES string of the molecule is C[C@@]12[C@H]3CC[C@@H]1[C@H](OCc1ccccc1)CN2CC3.[B]. The summed E-state index contributed by atoms with van der Waals surface area (Å²) in [6.45, 7) is 5.72. The Morgan fingerprint density at radius 1 is 1.20 bits per heavy atom. The predicted octanol–water partition coefficient (Wildman–Crippen LogP) is 2.70. The molecule has 2 nitrogen and oxygen atoms in total. The van der Waals surface area contributed by atoms with E-state index in [4.69, 9.17) is 4.74 Å². The van der Waals surface area contributed by atoms with E-state index >= 15 is 0 Å². The molecule has 105 valence electrons. The minimum Gasteiger partial charge on any atom is -0.372 e. The van der Waals surface area contributed by atoms with Gasteiger partial charge in [0.2, 0.25) is 0 Å². The van der Waals surface area contributed by atoms with E-state index in [-0.39, 0.29) is 8.41 Å². The van der Waals surface area contributed by atoms with Crippen LogP contribution in [-0.2, 0) is 11.3 Å². The first-order valence-corrected chi connectivity index (χ1v) is 7.69. The van der Waals surface area contributed by atoms with Crippen molar-refractivity contribution in [1.29, 1.82) is 0 Å². The quantitative estimate of drug-likeness (QED) is 0.781. The van der Waals surface area contributed by atoms with Crippen molar-refractivity contribution in [3.05, 3.63) is 35.9 Å². The molecule has 0 N–H and O–H groups in total. The van der Waals surface area contributed by atoms with Gasteiger partial charge in [-0.15, -0.1) is 0 Å². The van der Waals surface area contributed by atoms with E-state index < -0.39 is 0 Å². The summed E-state index contributed by atoms with van der Waals surface area (Å²) in [6, 6.07) is 10.6. The minimum atomic E-state index is 0. The Labute approximate surface area is 124 Å². The molecular weight excluding hydrogens is 245 g/mol. The van der Waals surface area contributed by atoms with Gasteiger partial charge in [0.1, 0.15) is 0 Å². The van der Waals surface area contributed by atoms with Gasteiger partial charge < -0.3 is 4.74 Å². The second-order valence-corrected chi connectivity index (χ2v) is 6.68. The fourth-order valence-corrected chi connectivity index (χ4v) is 4.89. The van der Waals surface area contributed by atoms with Crippen LogP contribution in [-0.4, -0.2) is 38.0 Å². The van der Waals surface area contributed by atoms with E-state index in [1.54, 1.807) is 0 Å². The number of hydrogen-bond donors (Lipinski definition) is 0. The highest BCUT2D eigenvalue weighted by Gasteiger charge is 2.60. The van der Waals surface area contributed by atoms with Crippen LogP contribution in [0.15, 0.2) is 30.3 Å². The number of ether oxygens (including phenoxy) is 1. The smallest absolute Gasteiger partial charge is 0.0752 e. The normalized spacial score (nSPS) is 38.8. The molecule has 0 aromatic heterocycles. The lowest BCUT2D eigenvalue weighted by molar-refractivity contribution is 0.0168. The molecular formula is C17H23BNO. The van der Waals surface area contributed by atoms with Gasteiger partial charge in [0.05, 0.1) is 12.7 Å². The Kier molecular flexibility index (Phi) is 3.68. The van der Waals surface area contributed by atoms with Gasteiger partial charge in [-0.05, 0) is 44.2 Å². The largest absolute Gasteiger partial charge is 0.372 e. The van der Waals surface area contributed by atoms with Crippen LogP contribution in [0.25, 0.3) is 0 Å². The summed E-state index contributed by atoms with van der Waals surface area (Å²) in [7, 11) is 0. The fraction of sp³-hybridized carbons (Fsp3) is 0.647. The van der Waals surface area contributed by atoms with Crippen LogP contribution in [0, 0.1) is 11.8 Å². The highest BCUT2D eigenvalue weighted by Crippen LogP contribution is 2.56. The summed E-state index contributed by atoms with van der Waals surface area (Å²) in [4.78, 5) is 2.71. The Morgan fingerprint density at radius 2 is 2.00 bits per heavy atom. The van der Waals surface area contributed by atoms with Crippen molar-refractivity contribution in [2.75, 3.05) is 13.1 Å². The molecule has 0 bridgehead atoms.